The fraction of sp³-hybridized carbons (Fsp3) is 0.867. The molecule has 0 aliphatic heterocycles. The first-order chi connectivity index (χ1) is 9.69. The van der Waals surface area contributed by atoms with Gasteiger partial charge in [0.1, 0.15) is 6.10 Å². The molecule has 2 fully saturated rings. The monoisotopic (exact) mass is 281 g/mol. The fourth-order valence-electron chi connectivity index (χ4n) is 2.58. The number of aliphatic imine (C=N–C) groups is 1. The van der Waals surface area contributed by atoms with E-state index in [9.17, 15) is 4.79 Å². The summed E-state index contributed by atoms with van der Waals surface area (Å²) in [5.74, 6) is 1.52. The lowest BCUT2D eigenvalue weighted by Crippen LogP contribution is -2.39. The van der Waals surface area contributed by atoms with Crippen molar-refractivity contribution in [3.8, 4) is 0 Å². The number of esters is 1. The highest BCUT2D eigenvalue weighted by atomic mass is 16.5. The Morgan fingerprint density at radius 1 is 1.35 bits per heavy atom. The molecule has 0 heterocycles. The predicted molar refractivity (Wildman–Crippen MR) is 79.6 cm³/mol. The maximum atomic E-state index is 11.6. The van der Waals surface area contributed by atoms with Gasteiger partial charge in [0.25, 0.3) is 0 Å². The molecule has 0 spiro atoms. The van der Waals surface area contributed by atoms with Crippen LogP contribution in [-0.2, 0) is 9.53 Å². The Labute approximate surface area is 121 Å². The Kier molecular flexibility index (Phi) is 5.68. The molecule has 0 saturated heterocycles. The molecule has 5 heteroatoms. The van der Waals surface area contributed by atoms with Crippen molar-refractivity contribution in [2.75, 3.05) is 13.6 Å². The van der Waals surface area contributed by atoms with Crippen molar-refractivity contribution in [2.24, 2.45) is 10.9 Å². The van der Waals surface area contributed by atoms with E-state index >= 15 is 0 Å². The summed E-state index contributed by atoms with van der Waals surface area (Å²) in [6, 6.07) is 0.563. The molecule has 0 aromatic carbocycles. The van der Waals surface area contributed by atoms with E-state index in [-0.39, 0.29) is 12.1 Å². The van der Waals surface area contributed by atoms with Gasteiger partial charge < -0.3 is 15.4 Å². The van der Waals surface area contributed by atoms with E-state index in [1.807, 2.05) is 0 Å². The van der Waals surface area contributed by atoms with E-state index < -0.39 is 0 Å². The standard InChI is InChI=1S/C15H27N3O2/c1-11-10-13(11)18-15(16-2)17-9-5-8-14(19)20-12-6-3-4-7-12/h11-13H,3-10H2,1-2H3,(H2,16,17,18). The lowest BCUT2D eigenvalue weighted by atomic mass is 10.3. The Morgan fingerprint density at radius 3 is 2.65 bits per heavy atom. The molecule has 2 saturated carbocycles. The van der Waals surface area contributed by atoms with E-state index in [4.69, 9.17) is 4.74 Å². The summed E-state index contributed by atoms with van der Waals surface area (Å²) < 4.78 is 5.42. The second-order valence-electron chi connectivity index (χ2n) is 5.96. The molecule has 0 bridgehead atoms. The van der Waals surface area contributed by atoms with Crippen molar-refractivity contribution in [3.05, 3.63) is 0 Å². The third-order valence-corrected chi connectivity index (χ3v) is 4.11. The summed E-state index contributed by atoms with van der Waals surface area (Å²) in [4.78, 5) is 15.8. The minimum absolute atomic E-state index is 0.0579. The van der Waals surface area contributed by atoms with Gasteiger partial charge in [0.15, 0.2) is 5.96 Å². The molecule has 2 aliphatic carbocycles. The summed E-state index contributed by atoms with van der Waals surface area (Å²) in [6.45, 7) is 2.98. The minimum atomic E-state index is -0.0579. The zero-order valence-corrected chi connectivity index (χ0v) is 12.7. The maximum Gasteiger partial charge on any atom is 0.306 e. The van der Waals surface area contributed by atoms with E-state index in [0.29, 0.717) is 12.5 Å². The molecule has 114 valence electrons. The fourth-order valence-corrected chi connectivity index (χ4v) is 2.58. The van der Waals surface area contributed by atoms with Gasteiger partial charge in [-0.25, -0.2) is 0 Å². The van der Waals surface area contributed by atoms with Crippen LogP contribution >= 0.6 is 0 Å². The summed E-state index contributed by atoms with van der Waals surface area (Å²) in [5, 5.41) is 6.60. The van der Waals surface area contributed by atoms with Gasteiger partial charge in [-0.15, -0.1) is 0 Å². The summed E-state index contributed by atoms with van der Waals surface area (Å²) in [6.07, 6.45) is 7.14. The third kappa shape index (κ3) is 5.02. The summed E-state index contributed by atoms with van der Waals surface area (Å²) in [5.41, 5.74) is 0. The number of ether oxygens (including phenoxy) is 1. The molecule has 2 N–H and O–H groups in total. The van der Waals surface area contributed by atoms with Crippen LogP contribution in [0.2, 0.25) is 0 Å². The first kappa shape index (κ1) is 15.1. The zero-order valence-electron chi connectivity index (χ0n) is 12.7. The van der Waals surface area contributed by atoms with Crippen LogP contribution in [0.15, 0.2) is 4.99 Å². The highest BCUT2D eigenvalue weighted by Gasteiger charge is 2.33. The second kappa shape index (κ2) is 7.50. The average Bonchev–Trinajstić information content (AvgIpc) is 2.90. The number of rotatable bonds is 6. The zero-order chi connectivity index (χ0) is 14.4. The van der Waals surface area contributed by atoms with Crippen molar-refractivity contribution in [1.29, 1.82) is 0 Å². The maximum absolute atomic E-state index is 11.6. The van der Waals surface area contributed by atoms with Gasteiger partial charge >= 0.3 is 5.97 Å². The molecule has 20 heavy (non-hydrogen) atoms. The van der Waals surface area contributed by atoms with Crippen LogP contribution in [0.4, 0.5) is 0 Å². The Bertz CT molecular complexity index is 351. The molecule has 2 aliphatic rings. The van der Waals surface area contributed by atoms with Crippen LogP contribution in [0.5, 0.6) is 0 Å². The number of guanidine groups is 1. The summed E-state index contributed by atoms with van der Waals surface area (Å²) in [7, 11) is 1.77. The van der Waals surface area contributed by atoms with Crippen LogP contribution in [0, 0.1) is 5.92 Å². The Hall–Kier alpha value is -1.26. The number of hydrogen-bond donors (Lipinski definition) is 2. The Balaban J connectivity index is 1.52. The summed E-state index contributed by atoms with van der Waals surface area (Å²) >= 11 is 0. The predicted octanol–water partition coefficient (Wildman–Crippen LogP) is 1.83. The highest BCUT2D eigenvalue weighted by Crippen LogP contribution is 2.28. The second-order valence-corrected chi connectivity index (χ2v) is 5.96. The number of carbonyl (C=O) groups is 1. The average molecular weight is 281 g/mol. The van der Waals surface area contributed by atoms with Gasteiger partial charge in [-0.3, -0.25) is 9.79 Å². The molecular weight excluding hydrogens is 254 g/mol. The number of hydrogen-bond acceptors (Lipinski definition) is 3. The van der Waals surface area contributed by atoms with Gasteiger partial charge in [0.05, 0.1) is 0 Å². The van der Waals surface area contributed by atoms with Crippen LogP contribution < -0.4 is 10.6 Å². The number of carbonyl (C=O) groups excluding carboxylic acids is 1. The lowest BCUT2D eigenvalue weighted by Gasteiger charge is -2.13. The SMILES string of the molecule is CN=C(NCCCC(=O)OC1CCCC1)NC1CC1C. The van der Waals surface area contributed by atoms with Crippen LogP contribution in [0.25, 0.3) is 0 Å². The van der Waals surface area contributed by atoms with Crippen LogP contribution in [0.1, 0.15) is 51.9 Å². The van der Waals surface area contributed by atoms with Crippen LogP contribution in [0.3, 0.4) is 0 Å². The van der Waals surface area contributed by atoms with E-state index in [1.165, 1.54) is 19.3 Å². The van der Waals surface area contributed by atoms with Gasteiger partial charge in [0, 0.05) is 26.1 Å². The van der Waals surface area contributed by atoms with Gasteiger partial charge in [0.2, 0.25) is 0 Å². The molecule has 0 radical (unpaired) electrons. The molecule has 2 unspecified atom stereocenters. The largest absolute Gasteiger partial charge is 0.462 e. The smallest absolute Gasteiger partial charge is 0.306 e. The van der Waals surface area contributed by atoms with Gasteiger partial charge in [-0.1, -0.05) is 6.92 Å². The molecule has 0 aromatic rings. The van der Waals surface area contributed by atoms with Crippen LogP contribution in [-0.4, -0.2) is 37.7 Å². The number of nitrogens with one attached hydrogen (secondary N) is 2. The van der Waals surface area contributed by atoms with Crippen molar-refractivity contribution in [2.45, 2.75) is 64.0 Å². The van der Waals surface area contributed by atoms with E-state index in [0.717, 1.165) is 37.7 Å². The molecular formula is C15H27N3O2. The van der Waals surface area contributed by atoms with E-state index in [2.05, 4.69) is 22.5 Å². The first-order valence-electron chi connectivity index (χ1n) is 7.85. The quantitative estimate of drug-likeness (QED) is 0.337. The van der Waals surface area contributed by atoms with Crippen molar-refractivity contribution in [3.63, 3.8) is 0 Å². The van der Waals surface area contributed by atoms with Crippen molar-refractivity contribution >= 4 is 11.9 Å². The molecule has 0 aromatic heterocycles. The minimum Gasteiger partial charge on any atom is -0.462 e. The van der Waals surface area contributed by atoms with Gasteiger partial charge in [-0.2, -0.15) is 0 Å². The molecule has 0 amide bonds. The topological polar surface area (TPSA) is 62.7 Å². The van der Waals surface area contributed by atoms with Crippen molar-refractivity contribution < 1.29 is 9.53 Å². The highest BCUT2D eigenvalue weighted by molar-refractivity contribution is 5.80. The molecule has 5 nitrogen and oxygen atoms in total. The van der Waals surface area contributed by atoms with E-state index in [1.54, 1.807) is 7.05 Å². The lowest BCUT2D eigenvalue weighted by molar-refractivity contribution is -0.148. The first-order valence-corrected chi connectivity index (χ1v) is 7.85. The normalized spacial score (nSPS) is 26.4. The molecule has 2 atom stereocenters. The third-order valence-electron chi connectivity index (χ3n) is 4.11. The number of nitrogens with zero attached hydrogens (tertiary/aromatic N) is 1. The molecule has 2 rings (SSSR count). The van der Waals surface area contributed by atoms with Crippen molar-refractivity contribution in [1.82, 2.24) is 10.6 Å². The Morgan fingerprint density at radius 2 is 2.05 bits per heavy atom. The van der Waals surface area contributed by atoms with Gasteiger partial charge in [-0.05, 0) is 44.4 Å².